The fraction of sp³-hybridized carbons (Fsp3) is 0.533. The number of para-hydroxylation sites is 1. The number of carbonyl (C=O) groups excluding carboxylic acids is 1. The summed E-state index contributed by atoms with van der Waals surface area (Å²) in [7, 11) is 1.47. The second-order valence-electron chi connectivity index (χ2n) is 4.57. The Labute approximate surface area is 114 Å². The molecule has 0 aromatic heterocycles. The molecule has 0 heterocycles. The number of hydrogen-bond acceptors (Lipinski definition) is 4. The lowest BCUT2D eigenvalue weighted by molar-refractivity contribution is 0.0166. The van der Waals surface area contributed by atoms with Crippen LogP contribution < -0.4 is 4.74 Å². The highest BCUT2D eigenvalue weighted by Crippen LogP contribution is 2.21. The molecule has 0 amide bonds. The van der Waals surface area contributed by atoms with Gasteiger partial charge >= 0.3 is 0 Å². The molecule has 106 valence electrons. The quantitative estimate of drug-likeness (QED) is 0.559. The third-order valence-electron chi connectivity index (χ3n) is 3.11. The van der Waals surface area contributed by atoms with Crippen LogP contribution in [0.15, 0.2) is 24.3 Å². The maximum absolute atomic E-state index is 12.1. The summed E-state index contributed by atoms with van der Waals surface area (Å²) in [5.74, 6) is -0.0891. The largest absolute Gasteiger partial charge is 0.496 e. The fourth-order valence-corrected chi connectivity index (χ4v) is 1.94. The summed E-state index contributed by atoms with van der Waals surface area (Å²) in [5.41, 5.74) is 0.298. The molecular formula is C15H22O4. The molecule has 0 saturated carbocycles. The minimum atomic E-state index is -1.40. The molecule has 0 unspecified atom stereocenters. The van der Waals surface area contributed by atoms with Gasteiger partial charge in [0.15, 0.2) is 5.78 Å². The van der Waals surface area contributed by atoms with Crippen molar-refractivity contribution < 1.29 is 19.7 Å². The molecule has 0 aliphatic rings. The zero-order chi connectivity index (χ0) is 14.3. The molecule has 2 N–H and O–H groups in total. The van der Waals surface area contributed by atoms with Crippen molar-refractivity contribution >= 4 is 5.78 Å². The summed E-state index contributed by atoms with van der Waals surface area (Å²) in [5, 5.41) is 19.7. The first-order chi connectivity index (χ1) is 9.11. The van der Waals surface area contributed by atoms with Crippen LogP contribution in [-0.2, 0) is 0 Å². The Balaban J connectivity index is 2.70. The van der Waals surface area contributed by atoms with Gasteiger partial charge in [0, 0.05) is 0 Å². The van der Waals surface area contributed by atoms with Crippen molar-refractivity contribution in [2.75, 3.05) is 7.11 Å². The number of unbranched alkanes of at least 4 members (excludes halogenated alkanes) is 2. The van der Waals surface area contributed by atoms with Crippen LogP contribution >= 0.6 is 0 Å². The van der Waals surface area contributed by atoms with Crippen LogP contribution in [0.2, 0.25) is 0 Å². The number of methoxy groups -OCH3 is 1. The fourth-order valence-electron chi connectivity index (χ4n) is 1.94. The average Bonchev–Trinajstić information content (AvgIpc) is 2.45. The van der Waals surface area contributed by atoms with E-state index in [0.29, 0.717) is 17.7 Å². The Morgan fingerprint density at radius 3 is 2.58 bits per heavy atom. The first kappa shape index (κ1) is 15.7. The number of aliphatic hydroxyl groups is 2. The molecule has 1 aromatic carbocycles. The van der Waals surface area contributed by atoms with Crippen LogP contribution in [0.25, 0.3) is 0 Å². The molecule has 0 aliphatic heterocycles. The monoisotopic (exact) mass is 266 g/mol. The first-order valence-electron chi connectivity index (χ1n) is 6.65. The molecule has 0 spiro atoms. The van der Waals surface area contributed by atoms with Crippen molar-refractivity contribution in [3.63, 3.8) is 0 Å². The number of rotatable bonds is 8. The zero-order valence-corrected chi connectivity index (χ0v) is 11.5. The third kappa shape index (κ3) is 4.33. The second-order valence-corrected chi connectivity index (χ2v) is 4.57. The van der Waals surface area contributed by atoms with Crippen LogP contribution in [0.3, 0.4) is 0 Å². The van der Waals surface area contributed by atoms with E-state index in [0.717, 1.165) is 19.3 Å². The number of Topliss-reactive ketones (excluding diaryl/α,β-unsaturated/α-hetero) is 1. The molecular weight excluding hydrogens is 244 g/mol. The molecule has 0 radical (unpaired) electrons. The van der Waals surface area contributed by atoms with Gasteiger partial charge < -0.3 is 14.9 Å². The topological polar surface area (TPSA) is 66.8 Å². The Kier molecular flexibility index (Phi) is 6.53. The summed E-state index contributed by atoms with van der Waals surface area (Å²) in [6, 6.07) is 6.69. The van der Waals surface area contributed by atoms with Gasteiger partial charge in [-0.2, -0.15) is 0 Å². The highest BCUT2D eigenvalue weighted by Gasteiger charge is 2.26. The molecule has 0 saturated heterocycles. The van der Waals surface area contributed by atoms with E-state index in [1.54, 1.807) is 24.3 Å². The van der Waals surface area contributed by atoms with Crippen LogP contribution in [-0.4, -0.2) is 35.3 Å². The van der Waals surface area contributed by atoms with Gasteiger partial charge in [0.25, 0.3) is 0 Å². The van der Waals surface area contributed by atoms with E-state index in [-0.39, 0.29) is 0 Å². The summed E-state index contributed by atoms with van der Waals surface area (Å²) in [6.07, 6.45) is 0.817. The van der Waals surface area contributed by atoms with Crippen molar-refractivity contribution in [2.24, 2.45) is 0 Å². The summed E-state index contributed by atoms with van der Waals surface area (Å²) >= 11 is 0. The van der Waals surface area contributed by atoms with Crippen molar-refractivity contribution in [1.82, 2.24) is 0 Å². The van der Waals surface area contributed by atoms with Crippen LogP contribution in [0, 0.1) is 0 Å². The number of benzene rings is 1. The van der Waals surface area contributed by atoms with E-state index in [4.69, 9.17) is 4.74 Å². The lowest BCUT2D eigenvalue weighted by Crippen LogP contribution is -2.34. The van der Waals surface area contributed by atoms with Crippen LogP contribution in [0.5, 0.6) is 5.75 Å². The minimum Gasteiger partial charge on any atom is -0.496 e. The summed E-state index contributed by atoms with van der Waals surface area (Å²) in [4.78, 5) is 12.1. The van der Waals surface area contributed by atoms with Crippen molar-refractivity contribution in [3.8, 4) is 5.75 Å². The van der Waals surface area contributed by atoms with E-state index in [1.165, 1.54) is 7.11 Å². The van der Waals surface area contributed by atoms with Crippen molar-refractivity contribution in [1.29, 1.82) is 0 Å². The summed E-state index contributed by atoms with van der Waals surface area (Å²) in [6.45, 7) is 2.06. The number of hydrogen-bond donors (Lipinski definition) is 2. The molecule has 0 aliphatic carbocycles. The SMILES string of the molecule is CCCCC[C@H](O)[C@@H](O)C(=O)c1ccccc1OC. The molecule has 1 rings (SSSR count). The molecule has 0 bridgehead atoms. The number of ketones is 1. The van der Waals surface area contributed by atoms with E-state index in [2.05, 4.69) is 6.92 Å². The van der Waals surface area contributed by atoms with Crippen LogP contribution in [0.4, 0.5) is 0 Å². The van der Waals surface area contributed by atoms with Gasteiger partial charge in [0.05, 0.1) is 18.8 Å². The van der Waals surface area contributed by atoms with E-state index < -0.39 is 18.0 Å². The van der Waals surface area contributed by atoms with Gasteiger partial charge in [-0.25, -0.2) is 0 Å². The Bertz CT molecular complexity index is 403. The molecule has 0 fully saturated rings. The van der Waals surface area contributed by atoms with Gasteiger partial charge in [-0.1, -0.05) is 38.3 Å². The third-order valence-corrected chi connectivity index (χ3v) is 3.11. The molecule has 4 nitrogen and oxygen atoms in total. The van der Waals surface area contributed by atoms with E-state index in [9.17, 15) is 15.0 Å². The van der Waals surface area contributed by atoms with Gasteiger partial charge in [0.1, 0.15) is 11.9 Å². The Morgan fingerprint density at radius 2 is 1.95 bits per heavy atom. The van der Waals surface area contributed by atoms with Crippen molar-refractivity contribution in [2.45, 2.75) is 44.8 Å². The lowest BCUT2D eigenvalue weighted by Gasteiger charge is -2.17. The zero-order valence-electron chi connectivity index (χ0n) is 11.5. The first-order valence-corrected chi connectivity index (χ1v) is 6.65. The maximum Gasteiger partial charge on any atom is 0.197 e. The Hall–Kier alpha value is -1.39. The van der Waals surface area contributed by atoms with Crippen LogP contribution in [0.1, 0.15) is 43.0 Å². The molecule has 2 atom stereocenters. The van der Waals surface area contributed by atoms with Gasteiger partial charge in [-0.15, -0.1) is 0 Å². The van der Waals surface area contributed by atoms with Crippen molar-refractivity contribution in [3.05, 3.63) is 29.8 Å². The van der Waals surface area contributed by atoms with E-state index in [1.807, 2.05) is 0 Å². The molecule has 19 heavy (non-hydrogen) atoms. The minimum absolute atomic E-state index is 0.298. The predicted molar refractivity (Wildman–Crippen MR) is 73.5 cm³/mol. The average molecular weight is 266 g/mol. The Morgan fingerprint density at radius 1 is 1.26 bits per heavy atom. The molecule has 4 heteroatoms. The standard InChI is InChI=1S/C15H22O4/c1-3-4-5-9-12(16)15(18)14(17)11-8-6-7-10-13(11)19-2/h6-8,10,12,15-16,18H,3-5,9H2,1-2H3/t12-,15+/m0/s1. The smallest absolute Gasteiger partial charge is 0.197 e. The maximum atomic E-state index is 12.1. The number of carbonyl (C=O) groups is 1. The predicted octanol–water partition coefficient (Wildman–Crippen LogP) is 2.18. The lowest BCUT2D eigenvalue weighted by atomic mass is 9.98. The summed E-state index contributed by atoms with van der Waals surface area (Å²) < 4.78 is 5.08. The second kappa shape index (κ2) is 7.92. The van der Waals surface area contributed by atoms with Gasteiger partial charge in [-0.05, 0) is 18.6 Å². The number of ether oxygens (including phenoxy) is 1. The molecule has 1 aromatic rings. The normalized spacial score (nSPS) is 13.9. The highest BCUT2D eigenvalue weighted by molar-refractivity contribution is 6.02. The van der Waals surface area contributed by atoms with E-state index >= 15 is 0 Å². The van der Waals surface area contributed by atoms with Gasteiger partial charge in [0.2, 0.25) is 0 Å². The highest BCUT2D eigenvalue weighted by atomic mass is 16.5. The number of aliphatic hydroxyl groups excluding tert-OH is 2. The van der Waals surface area contributed by atoms with Gasteiger partial charge in [-0.3, -0.25) is 4.79 Å².